The van der Waals surface area contributed by atoms with E-state index in [4.69, 9.17) is 15.6 Å². The first-order valence-corrected chi connectivity index (χ1v) is 11.7. The third-order valence-corrected chi connectivity index (χ3v) is 6.73. The van der Waals surface area contributed by atoms with Crippen LogP contribution in [0.2, 0.25) is 0 Å². The van der Waals surface area contributed by atoms with Gasteiger partial charge in [-0.2, -0.15) is 0 Å². The van der Waals surface area contributed by atoms with Crippen LogP contribution < -0.4 is 11.1 Å². The quantitative estimate of drug-likeness (QED) is 0.143. The molecule has 2 aromatic heterocycles. The summed E-state index contributed by atoms with van der Waals surface area (Å²) in [4.78, 5) is 12.9. The Kier molecular flexibility index (Phi) is 5.15. The highest BCUT2D eigenvalue weighted by Crippen LogP contribution is 2.44. The minimum absolute atomic E-state index is 0.0300. The highest BCUT2D eigenvalue weighted by Gasteiger charge is 2.24. The molecule has 5 nitrogen and oxygen atoms in total. The Morgan fingerprint density at radius 2 is 1.57 bits per heavy atom. The molecule has 0 saturated carbocycles. The van der Waals surface area contributed by atoms with Crippen molar-refractivity contribution in [3.63, 3.8) is 0 Å². The molecule has 37 heavy (non-hydrogen) atoms. The Hall–Kier alpha value is -4.78. The van der Waals surface area contributed by atoms with Crippen molar-refractivity contribution in [2.45, 2.75) is 13.5 Å². The van der Waals surface area contributed by atoms with E-state index in [-0.39, 0.29) is 23.8 Å². The van der Waals surface area contributed by atoms with Gasteiger partial charge in [-0.05, 0) is 59.5 Å². The standard InChI is InChI=1S/C30H21F2N3O2/c1-15-10-19(17-6-8-21(31)9-7-17)11-22-25(15)28-26-23(27(22)37-28)12-20(13-24(26)32)30(36)35-14-16-2-4-18(5-3-16)29(33)34/h2-13H,14H2,1H3,(H3,33,34)(H,35,36). The number of furan rings is 2. The van der Waals surface area contributed by atoms with Gasteiger partial charge >= 0.3 is 0 Å². The summed E-state index contributed by atoms with van der Waals surface area (Å²) in [6.07, 6.45) is 0. The van der Waals surface area contributed by atoms with Crippen LogP contribution in [0, 0.1) is 24.0 Å². The van der Waals surface area contributed by atoms with E-state index in [9.17, 15) is 9.18 Å². The van der Waals surface area contributed by atoms with Gasteiger partial charge in [0.05, 0.1) is 5.39 Å². The maximum absolute atomic E-state index is 15.3. The molecular formula is C30H21F2N3O2. The molecule has 6 aromatic rings. The summed E-state index contributed by atoms with van der Waals surface area (Å²) >= 11 is 0. The fraction of sp³-hybridized carbons (Fsp3) is 0.0667. The lowest BCUT2D eigenvalue weighted by Crippen LogP contribution is -2.23. The minimum Gasteiger partial charge on any atom is -0.455 e. The van der Waals surface area contributed by atoms with Crippen molar-refractivity contribution in [3.8, 4) is 11.1 Å². The van der Waals surface area contributed by atoms with Crippen molar-refractivity contribution in [3.05, 3.63) is 107 Å². The van der Waals surface area contributed by atoms with E-state index >= 15 is 4.39 Å². The number of amidine groups is 1. The lowest BCUT2D eigenvalue weighted by atomic mass is 9.94. The summed E-state index contributed by atoms with van der Waals surface area (Å²) < 4.78 is 34.8. The smallest absolute Gasteiger partial charge is 0.251 e. The first kappa shape index (κ1) is 22.7. The topological polar surface area (TPSA) is 92.1 Å². The molecule has 0 fully saturated rings. The number of carbonyl (C=O) groups is 1. The normalized spacial score (nSPS) is 11.5. The van der Waals surface area contributed by atoms with E-state index in [1.807, 2.05) is 19.1 Å². The van der Waals surface area contributed by atoms with Gasteiger partial charge in [0.1, 0.15) is 28.6 Å². The van der Waals surface area contributed by atoms with Gasteiger partial charge < -0.3 is 15.5 Å². The highest BCUT2D eigenvalue weighted by atomic mass is 19.1. The van der Waals surface area contributed by atoms with Crippen molar-refractivity contribution in [1.82, 2.24) is 5.32 Å². The molecule has 4 N–H and O–H groups in total. The number of aryl methyl sites for hydroxylation is 1. The first-order chi connectivity index (χ1) is 17.8. The van der Waals surface area contributed by atoms with Crippen LogP contribution in [-0.2, 0) is 6.54 Å². The zero-order chi connectivity index (χ0) is 25.8. The van der Waals surface area contributed by atoms with Crippen LogP contribution >= 0.6 is 0 Å². The number of carbonyl (C=O) groups excluding carboxylic acids is 1. The number of amides is 1. The molecule has 0 unspecified atom stereocenters. The lowest BCUT2D eigenvalue weighted by molar-refractivity contribution is 0.0950. The van der Waals surface area contributed by atoms with Gasteiger partial charge in [-0.3, -0.25) is 10.2 Å². The van der Waals surface area contributed by atoms with Crippen molar-refractivity contribution in [2.75, 3.05) is 0 Å². The molecule has 182 valence electrons. The van der Waals surface area contributed by atoms with E-state index in [2.05, 4.69) is 5.32 Å². The summed E-state index contributed by atoms with van der Waals surface area (Å²) in [5.74, 6) is -1.27. The molecule has 0 aliphatic rings. The first-order valence-electron chi connectivity index (χ1n) is 11.7. The van der Waals surface area contributed by atoms with Gasteiger partial charge in [-0.1, -0.05) is 42.5 Å². The molecule has 2 bridgehead atoms. The monoisotopic (exact) mass is 493 g/mol. The number of hydrogen-bond donors (Lipinski definition) is 3. The van der Waals surface area contributed by atoms with Crippen LogP contribution in [0.4, 0.5) is 8.78 Å². The molecule has 0 saturated heterocycles. The van der Waals surface area contributed by atoms with E-state index in [0.29, 0.717) is 27.5 Å². The second-order valence-corrected chi connectivity index (χ2v) is 9.16. The predicted molar refractivity (Wildman–Crippen MR) is 141 cm³/mol. The number of halogens is 2. The average Bonchev–Trinajstić information content (AvgIpc) is 3.45. The molecule has 6 rings (SSSR count). The van der Waals surface area contributed by atoms with E-state index in [1.54, 1.807) is 42.5 Å². The summed E-state index contributed by atoms with van der Waals surface area (Å²) in [6.45, 7) is 2.18. The van der Waals surface area contributed by atoms with Crippen molar-refractivity contribution < 1.29 is 18.0 Å². The molecule has 4 aromatic carbocycles. The van der Waals surface area contributed by atoms with Crippen molar-refractivity contribution in [2.24, 2.45) is 5.73 Å². The fourth-order valence-corrected chi connectivity index (χ4v) is 4.90. The van der Waals surface area contributed by atoms with Crippen LogP contribution in [0.1, 0.15) is 27.0 Å². The Bertz CT molecular complexity index is 1840. The summed E-state index contributed by atoms with van der Waals surface area (Å²) in [7, 11) is 0. The third kappa shape index (κ3) is 3.76. The Morgan fingerprint density at radius 3 is 2.27 bits per heavy atom. The molecular weight excluding hydrogens is 472 g/mol. The second-order valence-electron chi connectivity index (χ2n) is 9.16. The van der Waals surface area contributed by atoms with Gasteiger partial charge in [0.2, 0.25) is 0 Å². The second kappa shape index (κ2) is 8.41. The minimum atomic E-state index is -0.522. The fourth-order valence-electron chi connectivity index (χ4n) is 4.90. The summed E-state index contributed by atoms with van der Waals surface area (Å²) in [5, 5.41) is 12.8. The number of rotatable bonds is 5. The zero-order valence-electron chi connectivity index (χ0n) is 19.8. The molecule has 0 radical (unpaired) electrons. The van der Waals surface area contributed by atoms with Gasteiger partial charge in [-0.15, -0.1) is 0 Å². The molecule has 0 spiro atoms. The Morgan fingerprint density at radius 1 is 0.865 bits per heavy atom. The Balaban J connectivity index is 1.37. The number of nitrogens with one attached hydrogen (secondary N) is 2. The van der Waals surface area contributed by atoms with Crippen molar-refractivity contribution >= 4 is 44.5 Å². The van der Waals surface area contributed by atoms with Gasteiger partial charge in [-0.25, -0.2) is 8.78 Å². The average molecular weight is 494 g/mol. The number of fused-ring (bicyclic) bond motifs is 8. The third-order valence-electron chi connectivity index (χ3n) is 6.73. The van der Waals surface area contributed by atoms with Crippen LogP contribution in [0.15, 0.2) is 77.2 Å². The predicted octanol–water partition coefficient (Wildman–Crippen LogP) is 6.64. The van der Waals surface area contributed by atoms with E-state index in [1.165, 1.54) is 18.2 Å². The van der Waals surface area contributed by atoms with Crippen LogP contribution in [0.3, 0.4) is 0 Å². The number of hydrogen-bond acceptors (Lipinski definition) is 3. The molecule has 0 atom stereocenters. The molecule has 2 heterocycles. The summed E-state index contributed by atoms with van der Waals surface area (Å²) in [6, 6.07) is 20.0. The van der Waals surface area contributed by atoms with Crippen LogP contribution in [-0.4, -0.2) is 11.7 Å². The highest BCUT2D eigenvalue weighted by molar-refractivity contribution is 6.27. The molecule has 1 amide bonds. The SMILES string of the molecule is Cc1cc(-c2ccc(F)cc2)cc2c3oc(c12)c1c(F)cc(C(=O)NCc2ccc(C(=N)N)cc2)cc31. The lowest BCUT2D eigenvalue weighted by Gasteiger charge is -2.09. The molecule has 0 aliphatic carbocycles. The maximum atomic E-state index is 15.3. The van der Waals surface area contributed by atoms with Crippen LogP contribution in [0.25, 0.3) is 43.8 Å². The van der Waals surface area contributed by atoms with Crippen molar-refractivity contribution in [1.29, 1.82) is 5.41 Å². The number of benzene rings is 5. The van der Waals surface area contributed by atoms with E-state index in [0.717, 1.165) is 33.0 Å². The molecule has 7 heteroatoms. The largest absolute Gasteiger partial charge is 0.455 e. The summed E-state index contributed by atoms with van der Waals surface area (Å²) in [5.41, 5.74) is 10.7. The maximum Gasteiger partial charge on any atom is 0.251 e. The van der Waals surface area contributed by atoms with Gasteiger partial charge in [0.25, 0.3) is 5.91 Å². The van der Waals surface area contributed by atoms with E-state index < -0.39 is 11.7 Å². The number of nitrogens with two attached hydrogens (primary N) is 1. The van der Waals surface area contributed by atoms with Crippen LogP contribution in [0.5, 0.6) is 0 Å². The zero-order valence-corrected chi connectivity index (χ0v) is 19.8. The number of nitrogen functional groups attached to an aromatic ring is 1. The Labute approximate surface area is 210 Å². The van der Waals surface area contributed by atoms with Gasteiger partial charge in [0.15, 0.2) is 0 Å². The van der Waals surface area contributed by atoms with Gasteiger partial charge in [0, 0.05) is 33.8 Å². The molecule has 0 aliphatic heterocycles.